The van der Waals surface area contributed by atoms with Crippen molar-refractivity contribution in [2.75, 3.05) is 6.54 Å². The number of benzene rings is 1. The van der Waals surface area contributed by atoms with Gasteiger partial charge < -0.3 is 5.73 Å². The number of hydrogen-bond donors (Lipinski definition) is 2. The zero-order valence-electron chi connectivity index (χ0n) is 18.2. The van der Waals surface area contributed by atoms with Crippen LogP contribution in [0.15, 0.2) is 18.2 Å². The fourth-order valence-corrected chi connectivity index (χ4v) is 4.49. The number of piperidine rings is 1. The number of aryl methyl sites for hydroxylation is 1. The number of nitrogens with two attached hydrogens (primary N) is 1. The van der Waals surface area contributed by atoms with Gasteiger partial charge in [-0.3, -0.25) is 29.4 Å². The molecule has 0 radical (unpaired) electrons. The van der Waals surface area contributed by atoms with Crippen LogP contribution in [0.2, 0.25) is 0 Å². The molecule has 0 aromatic heterocycles. The Morgan fingerprint density at radius 2 is 1.52 bits per heavy atom. The number of unbranched alkanes of at least 4 members (excludes halogenated alkanes) is 8. The number of hydrogen-bond acceptors (Lipinski definition) is 5. The topological polar surface area (TPSA) is 110 Å². The van der Waals surface area contributed by atoms with Gasteiger partial charge >= 0.3 is 0 Å². The van der Waals surface area contributed by atoms with Gasteiger partial charge in [-0.05, 0) is 43.9 Å². The molecule has 0 saturated carbocycles. The molecule has 3 N–H and O–H groups in total. The van der Waals surface area contributed by atoms with Gasteiger partial charge in [0.25, 0.3) is 11.8 Å². The second kappa shape index (κ2) is 11.2. The zero-order valence-corrected chi connectivity index (χ0v) is 18.2. The minimum Gasteiger partial charge on any atom is -0.330 e. The van der Waals surface area contributed by atoms with Crippen LogP contribution in [0.1, 0.15) is 96.9 Å². The Morgan fingerprint density at radius 1 is 0.871 bits per heavy atom. The third-order valence-corrected chi connectivity index (χ3v) is 6.20. The minimum absolute atomic E-state index is 0.129. The lowest BCUT2D eigenvalue weighted by Crippen LogP contribution is -2.54. The Kier molecular flexibility index (Phi) is 8.35. The fraction of sp³-hybridized carbons (Fsp3) is 0.583. The third-order valence-electron chi connectivity index (χ3n) is 6.20. The Labute approximate surface area is 183 Å². The van der Waals surface area contributed by atoms with E-state index in [0.717, 1.165) is 42.7 Å². The summed E-state index contributed by atoms with van der Waals surface area (Å²) < 4.78 is 0. The number of nitrogens with zero attached hydrogens (tertiary/aromatic N) is 1. The molecular formula is C24H33N3O4. The first-order chi connectivity index (χ1) is 15.0. The standard InChI is InChI=1S/C24H33N3O4/c25-16-9-7-5-3-1-2-4-6-8-11-17-12-10-13-18-21(17)24(31)27(23(18)30)19-14-15-20(28)26-22(19)29/h10,12-13,19H,1-9,11,14-16,25H2,(H,26,28,29). The second-order valence-electron chi connectivity index (χ2n) is 8.51. The van der Waals surface area contributed by atoms with Gasteiger partial charge in [0.2, 0.25) is 11.8 Å². The summed E-state index contributed by atoms with van der Waals surface area (Å²) in [7, 11) is 0. The number of carbonyl (C=O) groups is 4. The van der Waals surface area contributed by atoms with E-state index < -0.39 is 23.8 Å². The molecule has 2 aliphatic rings. The average Bonchev–Trinajstić information content (AvgIpc) is 3.01. The second-order valence-corrected chi connectivity index (χ2v) is 8.51. The highest BCUT2D eigenvalue weighted by Gasteiger charge is 2.45. The minimum atomic E-state index is -0.914. The lowest BCUT2D eigenvalue weighted by atomic mass is 9.97. The van der Waals surface area contributed by atoms with E-state index in [0.29, 0.717) is 11.1 Å². The number of nitrogens with one attached hydrogen (secondary N) is 1. The molecule has 1 saturated heterocycles. The van der Waals surface area contributed by atoms with E-state index in [1.54, 1.807) is 12.1 Å². The summed E-state index contributed by atoms with van der Waals surface area (Å²) in [5, 5.41) is 2.23. The van der Waals surface area contributed by atoms with Crippen LogP contribution in [0, 0.1) is 0 Å². The van der Waals surface area contributed by atoms with Crippen molar-refractivity contribution in [2.24, 2.45) is 5.73 Å². The van der Waals surface area contributed by atoms with E-state index in [1.165, 1.54) is 38.5 Å². The maximum absolute atomic E-state index is 13.1. The van der Waals surface area contributed by atoms with Crippen molar-refractivity contribution in [1.29, 1.82) is 0 Å². The molecule has 168 valence electrons. The highest BCUT2D eigenvalue weighted by atomic mass is 16.2. The van der Waals surface area contributed by atoms with Crippen LogP contribution >= 0.6 is 0 Å². The quantitative estimate of drug-likeness (QED) is 0.393. The predicted octanol–water partition coefficient (Wildman–Crippen LogP) is 3.10. The molecule has 1 fully saturated rings. The summed E-state index contributed by atoms with van der Waals surface area (Å²) in [5.74, 6) is -1.79. The Morgan fingerprint density at radius 3 is 2.16 bits per heavy atom. The van der Waals surface area contributed by atoms with Crippen molar-refractivity contribution in [1.82, 2.24) is 10.2 Å². The largest absolute Gasteiger partial charge is 0.330 e. The fourth-order valence-electron chi connectivity index (χ4n) is 4.49. The molecule has 7 nitrogen and oxygen atoms in total. The molecule has 2 aliphatic heterocycles. The van der Waals surface area contributed by atoms with Crippen LogP contribution in [0.5, 0.6) is 0 Å². The molecular weight excluding hydrogens is 394 g/mol. The summed E-state index contributed by atoms with van der Waals surface area (Å²) in [5.41, 5.74) is 7.17. The first-order valence-corrected chi connectivity index (χ1v) is 11.6. The van der Waals surface area contributed by atoms with E-state index in [-0.39, 0.29) is 18.7 Å². The van der Waals surface area contributed by atoms with E-state index in [1.807, 2.05) is 6.07 Å². The van der Waals surface area contributed by atoms with Gasteiger partial charge in [0, 0.05) is 6.42 Å². The normalized spacial score (nSPS) is 18.5. The number of imide groups is 2. The molecule has 4 amide bonds. The first-order valence-electron chi connectivity index (χ1n) is 11.6. The summed E-state index contributed by atoms with van der Waals surface area (Å²) >= 11 is 0. The first kappa shape index (κ1) is 23.1. The SMILES string of the molecule is NCCCCCCCCCCCc1cccc2c1C(=O)N(C1CCC(=O)NC1=O)C2=O. The summed E-state index contributed by atoms with van der Waals surface area (Å²) in [6.07, 6.45) is 11.6. The molecule has 1 unspecified atom stereocenters. The monoisotopic (exact) mass is 427 g/mol. The average molecular weight is 428 g/mol. The maximum Gasteiger partial charge on any atom is 0.262 e. The van der Waals surface area contributed by atoms with Crippen LogP contribution in [0.3, 0.4) is 0 Å². The highest BCUT2D eigenvalue weighted by Crippen LogP contribution is 2.30. The van der Waals surface area contributed by atoms with Crippen molar-refractivity contribution < 1.29 is 19.2 Å². The Bertz CT molecular complexity index is 836. The molecule has 0 bridgehead atoms. The lowest BCUT2D eigenvalue weighted by Gasteiger charge is -2.27. The molecule has 7 heteroatoms. The number of amides is 4. The molecule has 3 rings (SSSR count). The van der Waals surface area contributed by atoms with Crippen molar-refractivity contribution in [3.63, 3.8) is 0 Å². The zero-order chi connectivity index (χ0) is 22.2. The van der Waals surface area contributed by atoms with Gasteiger partial charge in [-0.15, -0.1) is 0 Å². The van der Waals surface area contributed by atoms with Crippen LogP contribution in [-0.2, 0) is 16.0 Å². The van der Waals surface area contributed by atoms with Crippen LogP contribution in [0.4, 0.5) is 0 Å². The van der Waals surface area contributed by atoms with E-state index in [9.17, 15) is 19.2 Å². The summed E-state index contributed by atoms with van der Waals surface area (Å²) in [6.45, 7) is 0.780. The van der Waals surface area contributed by atoms with Crippen LogP contribution < -0.4 is 11.1 Å². The van der Waals surface area contributed by atoms with Crippen molar-refractivity contribution >= 4 is 23.6 Å². The van der Waals surface area contributed by atoms with E-state index in [4.69, 9.17) is 5.73 Å². The van der Waals surface area contributed by atoms with E-state index >= 15 is 0 Å². The molecule has 0 aliphatic carbocycles. The lowest BCUT2D eigenvalue weighted by molar-refractivity contribution is -0.136. The number of carbonyl (C=O) groups excluding carboxylic acids is 4. The van der Waals surface area contributed by atoms with Crippen LogP contribution in [0.25, 0.3) is 0 Å². The van der Waals surface area contributed by atoms with Gasteiger partial charge in [0.1, 0.15) is 6.04 Å². The van der Waals surface area contributed by atoms with Crippen molar-refractivity contribution in [2.45, 2.75) is 83.1 Å². The summed E-state index contributed by atoms with van der Waals surface area (Å²) in [4.78, 5) is 50.6. The maximum atomic E-state index is 13.1. The molecule has 1 atom stereocenters. The smallest absolute Gasteiger partial charge is 0.262 e. The molecule has 0 spiro atoms. The van der Waals surface area contributed by atoms with Crippen molar-refractivity contribution in [3.8, 4) is 0 Å². The third kappa shape index (κ3) is 5.58. The van der Waals surface area contributed by atoms with Gasteiger partial charge in [-0.2, -0.15) is 0 Å². The van der Waals surface area contributed by atoms with Crippen molar-refractivity contribution in [3.05, 3.63) is 34.9 Å². The van der Waals surface area contributed by atoms with Gasteiger partial charge in [0.15, 0.2) is 0 Å². The van der Waals surface area contributed by atoms with E-state index in [2.05, 4.69) is 5.32 Å². The number of rotatable bonds is 12. The Balaban J connectivity index is 1.51. The van der Waals surface area contributed by atoms with Gasteiger partial charge in [0.05, 0.1) is 11.1 Å². The van der Waals surface area contributed by atoms with Gasteiger partial charge in [-0.1, -0.05) is 57.1 Å². The van der Waals surface area contributed by atoms with Crippen LogP contribution in [-0.4, -0.2) is 41.1 Å². The Hall–Kier alpha value is -2.54. The molecule has 1 aromatic carbocycles. The van der Waals surface area contributed by atoms with Gasteiger partial charge in [-0.25, -0.2) is 0 Å². The molecule has 31 heavy (non-hydrogen) atoms. The molecule has 1 aromatic rings. The molecule has 2 heterocycles. The highest BCUT2D eigenvalue weighted by molar-refractivity contribution is 6.24. The number of fused-ring (bicyclic) bond motifs is 1. The predicted molar refractivity (Wildman–Crippen MR) is 117 cm³/mol. The summed E-state index contributed by atoms with van der Waals surface area (Å²) in [6, 6.07) is 4.43.